The number of nitrogens with one attached hydrogen (secondary N) is 1. The van der Waals surface area contributed by atoms with Crippen LogP contribution in [0.25, 0.3) is 0 Å². The van der Waals surface area contributed by atoms with Gasteiger partial charge >= 0.3 is 5.97 Å². The van der Waals surface area contributed by atoms with Crippen LogP contribution in [0, 0.1) is 6.92 Å². The van der Waals surface area contributed by atoms with Crippen molar-refractivity contribution in [3.63, 3.8) is 0 Å². The van der Waals surface area contributed by atoms with E-state index in [4.69, 9.17) is 5.11 Å². The summed E-state index contributed by atoms with van der Waals surface area (Å²) in [6.45, 7) is 2.53. The van der Waals surface area contributed by atoms with Crippen molar-refractivity contribution in [1.29, 1.82) is 0 Å². The van der Waals surface area contributed by atoms with E-state index in [1.165, 1.54) is 0 Å². The molecule has 0 aliphatic rings. The molecule has 0 saturated carbocycles. The van der Waals surface area contributed by atoms with Crippen LogP contribution in [-0.4, -0.2) is 16.1 Å². The summed E-state index contributed by atoms with van der Waals surface area (Å²) < 4.78 is 0.940. The molecule has 5 heteroatoms. The first-order chi connectivity index (χ1) is 10.1. The Bertz CT molecular complexity index is 631. The van der Waals surface area contributed by atoms with E-state index in [1.54, 1.807) is 6.20 Å². The lowest BCUT2D eigenvalue weighted by atomic mass is 10.0. The topological polar surface area (TPSA) is 62.2 Å². The van der Waals surface area contributed by atoms with E-state index in [2.05, 4.69) is 26.2 Å². The standard InChI is InChI=1S/C16H17BrN2O2/c1-11-13(5-3-7-18-11)10-19-15(9-16(20)21)12-4-2-6-14(17)8-12/h2-8,15,19H,9-10H2,1H3,(H,20,21). The zero-order chi connectivity index (χ0) is 15.2. The zero-order valence-corrected chi connectivity index (χ0v) is 13.3. The Balaban J connectivity index is 2.14. The molecule has 1 unspecified atom stereocenters. The van der Waals surface area contributed by atoms with E-state index in [-0.39, 0.29) is 12.5 Å². The summed E-state index contributed by atoms with van der Waals surface area (Å²) in [5, 5.41) is 12.4. The lowest BCUT2D eigenvalue weighted by molar-refractivity contribution is -0.137. The number of aromatic nitrogens is 1. The molecule has 2 N–H and O–H groups in total. The Labute approximate surface area is 132 Å². The molecular weight excluding hydrogens is 332 g/mol. The summed E-state index contributed by atoms with van der Waals surface area (Å²) in [4.78, 5) is 15.3. The lowest BCUT2D eigenvalue weighted by Gasteiger charge is -2.18. The molecule has 4 nitrogen and oxygen atoms in total. The van der Waals surface area contributed by atoms with Crippen LogP contribution in [0.3, 0.4) is 0 Å². The Morgan fingerprint density at radius 3 is 2.86 bits per heavy atom. The predicted octanol–water partition coefficient (Wildman–Crippen LogP) is 3.46. The lowest BCUT2D eigenvalue weighted by Crippen LogP contribution is -2.24. The van der Waals surface area contributed by atoms with Gasteiger partial charge in [-0.3, -0.25) is 9.78 Å². The summed E-state index contributed by atoms with van der Waals surface area (Å²) in [7, 11) is 0. The maximum atomic E-state index is 11.1. The maximum absolute atomic E-state index is 11.1. The van der Waals surface area contributed by atoms with Crippen molar-refractivity contribution in [1.82, 2.24) is 10.3 Å². The first-order valence-corrected chi connectivity index (χ1v) is 7.46. The van der Waals surface area contributed by atoms with Crippen LogP contribution in [0.1, 0.15) is 29.3 Å². The number of nitrogens with zero attached hydrogens (tertiary/aromatic N) is 1. The number of hydrogen-bond donors (Lipinski definition) is 2. The van der Waals surface area contributed by atoms with E-state index < -0.39 is 5.97 Å². The number of aryl methyl sites for hydroxylation is 1. The second kappa shape index (κ2) is 7.33. The highest BCUT2D eigenvalue weighted by molar-refractivity contribution is 9.10. The molecule has 0 amide bonds. The minimum Gasteiger partial charge on any atom is -0.481 e. The molecule has 0 saturated heterocycles. The molecule has 0 spiro atoms. The molecule has 110 valence electrons. The maximum Gasteiger partial charge on any atom is 0.305 e. The van der Waals surface area contributed by atoms with Crippen molar-refractivity contribution in [3.05, 3.63) is 63.9 Å². The highest BCUT2D eigenvalue weighted by Gasteiger charge is 2.15. The quantitative estimate of drug-likeness (QED) is 0.839. The first-order valence-electron chi connectivity index (χ1n) is 6.67. The minimum absolute atomic E-state index is 0.0375. The largest absolute Gasteiger partial charge is 0.481 e. The van der Waals surface area contributed by atoms with Gasteiger partial charge in [-0.1, -0.05) is 34.1 Å². The summed E-state index contributed by atoms with van der Waals surface area (Å²) >= 11 is 3.42. The molecular formula is C16H17BrN2O2. The molecule has 2 aromatic rings. The van der Waals surface area contributed by atoms with Gasteiger partial charge in [0.05, 0.1) is 6.42 Å². The smallest absolute Gasteiger partial charge is 0.305 e. The van der Waals surface area contributed by atoms with Crippen LogP contribution in [0.5, 0.6) is 0 Å². The van der Waals surface area contributed by atoms with Crippen molar-refractivity contribution < 1.29 is 9.90 Å². The fourth-order valence-corrected chi connectivity index (χ4v) is 2.56. The van der Waals surface area contributed by atoms with Gasteiger partial charge in [-0.15, -0.1) is 0 Å². The van der Waals surface area contributed by atoms with E-state index in [0.29, 0.717) is 6.54 Å². The van der Waals surface area contributed by atoms with Crippen molar-refractivity contribution in [2.75, 3.05) is 0 Å². The number of aliphatic carboxylic acids is 1. The van der Waals surface area contributed by atoms with E-state index in [1.807, 2.05) is 43.3 Å². The molecule has 1 atom stereocenters. The second-order valence-electron chi connectivity index (χ2n) is 4.83. The third-order valence-electron chi connectivity index (χ3n) is 3.29. The van der Waals surface area contributed by atoms with Gasteiger partial charge in [-0.2, -0.15) is 0 Å². The van der Waals surface area contributed by atoms with Gasteiger partial charge < -0.3 is 10.4 Å². The van der Waals surface area contributed by atoms with E-state index in [9.17, 15) is 4.79 Å². The number of benzene rings is 1. The first kappa shape index (κ1) is 15.7. The fourth-order valence-electron chi connectivity index (χ4n) is 2.14. The fraction of sp³-hybridized carbons (Fsp3) is 0.250. The molecule has 0 radical (unpaired) electrons. The summed E-state index contributed by atoms with van der Waals surface area (Å²) in [5.41, 5.74) is 2.98. The van der Waals surface area contributed by atoms with Crippen LogP contribution < -0.4 is 5.32 Å². The van der Waals surface area contributed by atoms with Crippen molar-refractivity contribution >= 4 is 21.9 Å². The summed E-state index contributed by atoms with van der Waals surface area (Å²) in [5.74, 6) is -0.824. The van der Waals surface area contributed by atoms with Gasteiger partial charge in [0.1, 0.15) is 0 Å². The highest BCUT2D eigenvalue weighted by Crippen LogP contribution is 2.21. The van der Waals surface area contributed by atoms with Crippen LogP contribution in [0.4, 0.5) is 0 Å². The van der Waals surface area contributed by atoms with Crippen LogP contribution >= 0.6 is 15.9 Å². The normalized spacial score (nSPS) is 12.1. The van der Waals surface area contributed by atoms with Crippen LogP contribution in [0.2, 0.25) is 0 Å². The molecule has 0 aliphatic carbocycles. The van der Waals surface area contributed by atoms with Gasteiger partial charge in [0.25, 0.3) is 0 Å². The van der Waals surface area contributed by atoms with Crippen molar-refractivity contribution in [2.24, 2.45) is 0 Å². The van der Waals surface area contributed by atoms with Gasteiger partial charge in [-0.25, -0.2) is 0 Å². The predicted molar refractivity (Wildman–Crippen MR) is 84.9 cm³/mol. The number of pyridine rings is 1. The Morgan fingerprint density at radius 1 is 1.38 bits per heavy atom. The molecule has 21 heavy (non-hydrogen) atoms. The average Bonchev–Trinajstić information content (AvgIpc) is 2.44. The minimum atomic E-state index is -0.824. The highest BCUT2D eigenvalue weighted by atomic mass is 79.9. The molecule has 0 aliphatic heterocycles. The molecule has 1 aromatic heterocycles. The average molecular weight is 349 g/mol. The van der Waals surface area contributed by atoms with Crippen molar-refractivity contribution in [2.45, 2.75) is 25.9 Å². The van der Waals surface area contributed by atoms with E-state index in [0.717, 1.165) is 21.3 Å². The molecule has 2 rings (SSSR count). The van der Waals surface area contributed by atoms with Crippen LogP contribution in [-0.2, 0) is 11.3 Å². The zero-order valence-electron chi connectivity index (χ0n) is 11.7. The molecule has 1 heterocycles. The van der Waals surface area contributed by atoms with E-state index >= 15 is 0 Å². The van der Waals surface area contributed by atoms with Crippen LogP contribution in [0.15, 0.2) is 47.1 Å². The third kappa shape index (κ3) is 4.65. The molecule has 0 fully saturated rings. The van der Waals surface area contributed by atoms with Gasteiger partial charge in [0, 0.05) is 29.0 Å². The third-order valence-corrected chi connectivity index (χ3v) is 3.78. The van der Waals surface area contributed by atoms with Gasteiger partial charge in [0.15, 0.2) is 0 Å². The number of hydrogen-bond acceptors (Lipinski definition) is 3. The number of carboxylic acid groups (broad SMARTS) is 1. The van der Waals surface area contributed by atoms with Crippen molar-refractivity contribution in [3.8, 4) is 0 Å². The Hall–Kier alpha value is -1.72. The SMILES string of the molecule is Cc1ncccc1CNC(CC(=O)O)c1cccc(Br)c1. The number of halogens is 1. The number of carbonyl (C=O) groups is 1. The second-order valence-corrected chi connectivity index (χ2v) is 5.75. The van der Waals surface area contributed by atoms with Gasteiger partial charge in [-0.05, 0) is 36.2 Å². The molecule has 1 aromatic carbocycles. The molecule has 0 bridgehead atoms. The Morgan fingerprint density at radius 2 is 2.19 bits per heavy atom. The number of rotatable bonds is 6. The Kier molecular flexibility index (Phi) is 5.47. The monoisotopic (exact) mass is 348 g/mol. The summed E-state index contributed by atoms with van der Waals surface area (Å²) in [6, 6.07) is 11.3. The summed E-state index contributed by atoms with van der Waals surface area (Å²) in [6.07, 6.45) is 1.79. The van der Waals surface area contributed by atoms with Gasteiger partial charge in [0.2, 0.25) is 0 Å². The number of carboxylic acids is 1.